The Morgan fingerprint density at radius 2 is 1.94 bits per heavy atom. The molecule has 2 fully saturated rings. The first-order valence-corrected chi connectivity index (χ1v) is 11.8. The van der Waals surface area contributed by atoms with Crippen molar-refractivity contribution in [2.24, 2.45) is 13.0 Å². The fraction of sp³-hybridized carbons (Fsp3) is 0.474. The summed E-state index contributed by atoms with van der Waals surface area (Å²) < 4.78 is 31.1. The molecule has 1 amide bonds. The zero-order valence-electron chi connectivity index (χ0n) is 17.1. The molecule has 0 unspecified atom stereocenters. The quantitative estimate of drug-likeness (QED) is 0.575. The van der Waals surface area contributed by atoms with Gasteiger partial charge in [0, 0.05) is 38.3 Å². The SMILES string of the molecule is Cn1cnc(S(=O)(=O)NC2CCN(c3cccc4nc(NC(=O)C5CC5)nn34)CC2)c1. The van der Waals surface area contributed by atoms with E-state index in [9.17, 15) is 13.2 Å². The second-order valence-electron chi connectivity index (χ2n) is 8.11. The van der Waals surface area contributed by atoms with E-state index in [0.29, 0.717) is 37.5 Å². The summed E-state index contributed by atoms with van der Waals surface area (Å²) in [5, 5.41) is 7.29. The molecule has 11 nitrogen and oxygen atoms in total. The summed E-state index contributed by atoms with van der Waals surface area (Å²) in [7, 11) is -1.90. The molecular weight excluding hydrogens is 420 g/mol. The topological polar surface area (TPSA) is 127 Å². The number of piperidine rings is 1. The molecule has 3 aromatic rings. The van der Waals surface area contributed by atoms with E-state index in [-0.39, 0.29) is 22.9 Å². The van der Waals surface area contributed by atoms with Crippen molar-refractivity contribution < 1.29 is 13.2 Å². The van der Waals surface area contributed by atoms with Crippen LogP contribution in [0.2, 0.25) is 0 Å². The van der Waals surface area contributed by atoms with Gasteiger partial charge in [0.05, 0.1) is 6.33 Å². The van der Waals surface area contributed by atoms with Gasteiger partial charge in [-0.25, -0.2) is 18.1 Å². The summed E-state index contributed by atoms with van der Waals surface area (Å²) >= 11 is 0. The summed E-state index contributed by atoms with van der Waals surface area (Å²) in [5.41, 5.74) is 0.654. The van der Waals surface area contributed by atoms with Gasteiger partial charge in [-0.05, 0) is 37.8 Å². The molecule has 4 heterocycles. The maximum Gasteiger partial charge on any atom is 0.259 e. The van der Waals surface area contributed by atoms with Crippen LogP contribution in [0.15, 0.2) is 35.7 Å². The maximum atomic E-state index is 12.5. The molecule has 12 heteroatoms. The Kier molecular flexibility index (Phi) is 4.89. The molecule has 1 saturated carbocycles. The van der Waals surface area contributed by atoms with Crippen LogP contribution in [0.5, 0.6) is 0 Å². The molecule has 31 heavy (non-hydrogen) atoms. The number of pyridine rings is 1. The van der Waals surface area contributed by atoms with Gasteiger partial charge in [-0.3, -0.25) is 10.1 Å². The summed E-state index contributed by atoms with van der Waals surface area (Å²) in [6.07, 6.45) is 6.11. The molecule has 0 radical (unpaired) electrons. The second kappa shape index (κ2) is 7.61. The minimum absolute atomic E-state index is 0.0292. The number of rotatable bonds is 6. The lowest BCUT2D eigenvalue weighted by molar-refractivity contribution is -0.117. The number of sulfonamides is 1. The van der Waals surface area contributed by atoms with Crippen LogP contribution in [0, 0.1) is 5.92 Å². The van der Waals surface area contributed by atoms with Gasteiger partial charge >= 0.3 is 0 Å². The maximum absolute atomic E-state index is 12.5. The van der Waals surface area contributed by atoms with Crippen molar-refractivity contribution in [1.29, 1.82) is 0 Å². The fourth-order valence-corrected chi connectivity index (χ4v) is 5.06. The molecular formula is C19H24N8O3S. The Balaban J connectivity index is 1.27. The monoisotopic (exact) mass is 444 g/mol. The third kappa shape index (κ3) is 4.12. The minimum atomic E-state index is -3.63. The number of nitrogens with zero attached hydrogens (tertiary/aromatic N) is 6. The highest BCUT2D eigenvalue weighted by Crippen LogP contribution is 2.30. The van der Waals surface area contributed by atoms with Crippen LogP contribution in [0.3, 0.4) is 0 Å². The van der Waals surface area contributed by atoms with Crippen molar-refractivity contribution in [3.05, 3.63) is 30.7 Å². The second-order valence-corrected chi connectivity index (χ2v) is 9.77. The van der Waals surface area contributed by atoms with E-state index in [1.54, 1.807) is 16.1 Å². The Morgan fingerprint density at radius 3 is 2.61 bits per heavy atom. The average Bonchev–Trinajstić information content (AvgIpc) is 3.37. The number of hydrogen-bond donors (Lipinski definition) is 2. The Morgan fingerprint density at radius 1 is 1.16 bits per heavy atom. The number of imidazole rings is 1. The number of hydrogen-bond acceptors (Lipinski definition) is 7. The first-order valence-electron chi connectivity index (χ1n) is 10.3. The fourth-order valence-electron chi connectivity index (χ4n) is 3.78. The van der Waals surface area contributed by atoms with Crippen molar-refractivity contribution in [1.82, 2.24) is 28.9 Å². The Hall–Kier alpha value is -2.99. The van der Waals surface area contributed by atoms with E-state index >= 15 is 0 Å². The lowest BCUT2D eigenvalue weighted by Gasteiger charge is -2.33. The molecule has 0 bridgehead atoms. The predicted octanol–water partition coefficient (Wildman–Crippen LogP) is 0.759. The highest BCUT2D eigenvalue weighted by atomic mass is 32.2. The Labute approximate surface area is 179 Å². The van der Waals surface area contributed by atoms with Gasteiger partial charge in [0.2, 0.25) is 11.9 Å². The number of amides is 1. The van der Waals surface area contributed by atoms with Crippen molar-refractivity contribution in [3.8, 4) is 0 Å². The largest absolute Gasteiger partial charge is 0.356 e. The van der Waals surface area contributed by atoms with Crippen LogP contribution < -0.4 is 14.9 Å². The predicted molar refractivity (Wildman–Crippen MR) is 113 cm³/mol. The number of fused-ring (bicyclic) bond motifs is 1. The van der Waals surface area contributed by atoms with Gasteiger partial charge in [0.25, 0.3) is 10.0 Å². The number of aromatic nitrogens is 5. The summed E-state index contributed by atoms with van der Waals surface area (Å²) in [4.78, 5) is 22.5. The molecule has 2 N–H and O–H groups in total. The summed E-state index contributed by atoms with van der Waals surface area (Å²) in [6.45, 7) is 1.33. The minimum Gasteiger partial charge on any atom is -0.356 e. The molecule has 1 aliphatic heterocycles. The number of anilines is 2. The number of carbonyl (C=O) groups is 1. The first kappa shape index (κ1) is 19.9. The van der Waals surface area contributed by atoms with E-state index in [1.807, 2.05) is 18.2 Å². The molecule has 0 aromatic carbocycles. The van der Waals surface area contributed by atoms with Crippen molar-refractivity contribution in [3.63, 3.8) is 0 Å². The third-order valence-corrected chi connectivity index (χ3v) is 7.03. The molecule has 1 aliphatic carbocycles. The standard InChI is InChI=1S/C19H24N8O3S/c1-25-11-16(20-12-25)31(29,30)24-14-7-9-26(10-8-14)17-4-2-3-15-21-19(23-27(15)17)22-18(28)13-5-6-13/h2-4,11-14,24H,5-10H2,1H3,(H,22,23,28). The van der Waals surface area contributed by atoms with Crippen molar-refractivity contribution >= 4 is 33.3 Å². The van der Waals surface area contributed by atoms with E-state index in [4.69, 9.17) is 0 Å². The number of carbonyl (C=O) groups excluding carboxylic acids is 1. The molecule has 164 valence electrons. The van der Waals surface area contributed by atoms with Crippen LogP contribution in [-0.4, -0.2) is 57.6 Å². The normalized spacial score (nSPS) is 17.9. The third-order valence-electron chi connectivity index (χ3n) is 5.62. The van der Waals surface area contributed by atoms with Crippen LogP contribution in [0.4, 0.5) is 11.8 Å². The van der Waals surface area contributed by atoms with E-state index in [0.717, 1.165) is 18.7 Å². The average molecular weight is 445 g/mol. The van der Waals surface area contributed by atoms with Gasteiger partial charge < -0.3 is 9.47 Å². The van der Waals surface area contributed by atoms with Crippen molar-refractivity contribution in [2.45, 2.75) is 36.8 Å². The van der Waals surface area contributed by atoms with Crippen molar-refractivity contribution in [2.75, 3.05) is 23.3 Å². The summed E-state index contributed by atoms with van der Waals surface area (Å²) in [5.74, 6) is 1.23. The van der Waals surface area contributed by atoms with Crippen LogP contribution in [0.25, 0.3) is 5.65 Å². The first-order chi connectivity index (χ1) is 14.9. The van der Waals surface area contributed by atoms with Gasteiger partial charge in [0.1, 0.15) is 5.82 Å². The van der Waals surface area contributed by atoms with Crippen LogP contribution >= 0.6 is 0 Å². The highest BCUT2D eigenvalue weighted by Gasteiger charge is 2.31. The van der Waals surface area contributed by atoms with Gasteiger partial charge in [0.15, 0.2) is 10.7 Å². The Bertz CT molecular complexity index is 1220. The zero-order chi connectivity index (χ0) is 21.6. The molecule has 3 aromatic heterocycles. The van der Waals surface area contributed by atoms with Gasteiger partial charge in [-0.2, -0.15) is 9.50 Å². The van der Waals surface area contributed by atoms with E-state index < -0.39 is 10.0 Å². The lowest BCUT2D eigenvalue weighted by Crippen LogP contribution is -2.45. The number of nitrogens with one attached hydrogen (secondary N) is 2. The zero-order valence-corrected chi connectivity index (χ0v) is 17.9. The molecule has 2 aliphatic rings. The van der Waals surface area contributed by atoms with Crippen LogP contribution in [-0.2, 0) is 21.9 Å². The molecule has 0 atom stereocenters. The molecule has 1 saturated heterocycles. The van der Waals surface area contributed by atoms with Gasteiger partial charge in [-0.15, -0.1) is 5.10 Å². The van der Waals surface area contributed by atoms with Gasteiger partial charge in [-0.1, -0.05) is 6.07 Å². The van der Waals surface area contributed by atoms with E-state index in [2.05, 4.69) is 30.0 Å². The highest BCUT2D eigenvalue weighted by molar-refractivity contribution is 7.89. The lowest BCUT2D eigenvalue weighted by atomic mass is 10.1. The number of aryl methyl sites for hydroxylation is 1. The van der Waals surface area contributed by atoms with Crippen LogP contribution in [0.1, 0.15) is 25.7 Å². The smallest absolute Gasteiger partial charge is 0.259 e. The molecule has 0 spiro atoms. The summed E-state index contributed by atoms with van der Waals surface area (Å²) in [6, 6.07) is 5.54. The van der Waals surface area contributed by atoms with E-state index in [1.165, 1.54) is 12.5 Å². The molecule has 5 rings (SSSR count).